The Morgan fingerprint density at radius 3 is 2.57 bits per heavy atom. The Hall–Kier alpha value is -2.82. The van der Waals surface area contributed by atoms with Crippen molar-refractivity contribution in [3.63, 3.8) is 0 Å². The molecule has 0 aliphatic carbocycles. The van der Waals surface area contributed by atoms with E-state index >= 15 is 0 Å². The number of phenolic OH excluding ortho intramolecular Hbond substituents is 1. The number of fused-ring (bicyclic) bond motifs is 1. The molecule has 2 rings (SSSR count). The van der Waals surface area contributed by atoms with E-state index in [2.05, 4.69) is 32.9 Å². The van der Waals surface area contributed by atoms with Gasteiger partial charge in [0.05, 0.1) is 11.1 Å². The summed E-state index contributed by atoms with van der Waals surface area (Å²) < 4.78 is 11.2. The van der Waals surface area contributed by atoms with Crippen LogP contribution in [0.2, 0.25) is 0 Å². The van der Waals surface area contributed by atoms with Gasteiger partial charge in [-0.3, -0.25) is 9.59 Å². The first-order valence-corrected chi connectivity index (χ1v) is 10.3. The number of aldehydes is 1. The van der Waals surface area contributed by atoms with Gasteiger partial charge in [-0.15, -0.1) is 0 Å². The zero-order chi connectivity index (χ0) is 22.3. The summed E-state index contributed by atoms with van der Waals surface area (Å²) in [7, 11) is 0. The summed E-state index contributed by atoms with van der Waals surface area (Å²) in [6.45, 7) is 9.51. The molecule has 0 bridgehead atoms. The fraction of sp³-hybridized carbons (Fsp3) is 0.440. The molecular weight excluding hydrogens is 380 g/mol. The van der Waals surface area contributed by atoms with Gasteiger partial charge < -0.3 is 14.6 Å². The standard InChI is InChI=1S/C25H32O5/c1-17(2)8-6-9-18(3)10-7-12-25(5)13-11-21-23(28)14-20(16-29-19(4)27)22(15-26)24(21)30-25/h8,10-11,13-15,28H,6-7,9,12,16H2,1-5H3. The second-order valence-electron chi connectivity index (χ2n) is 8.27. The zero-order valence-electron chi connectivity index (χ0n) is 18.6. The number of esters is 1. The third-order valence-electron chi connectivity index (χ3n) is 5.13. The lowest BCUT2D eigenvalue weighted by molar-refractivity contribution is -0.142. The molecule has 0 aromatic heterocycles. The van der Waals surface area contributed by atoms with Crippen molar-refractivity contribution in [2.75, 3.05) is 0 Å². The van der Waals surface area contributed by atoms with Crippen molar-refractivity contribution in [2.24, 2.45) is 0 Å². The summed E-state index contributed by atoms with van der Waals surface area (Å²) in [5.41, 5.74) is 3.25. The van der Waals surface area contributed by atoms with Crippen molar-refractivity contribution < 1.29 is 24.2 Å². The summed E-state index contributed by atoms with van der Waals surface area (Å²) in [5.74, 6) is -0.131. The second-order valence-corrected chi connectivity index (χ2v) is 8.27. The lowest BCUT2D eigenvalue weighted by Gasteiger charge is -2.33. The van der Waals surface area contributed by atoms with Crippen molar-refractivity contribution in [1.29, 1.82) is 0 Å². The molecular formula is C25H32O5. The third kappa shape index (κ3) is 6.34. The second kappa shape index (κ2) is 10.3. The van der Waals surface area contributed by atoms with Crippen molar-refractivity contribution in [2.45, 2.75) is 72.5 Å². The summed E-state index contributed by atoms with van der Waals surface area (Å²) in [4.78, 5) is 22.9. The molecule has 1 aliphatic heterocycles. The number of benzene rings is 1. The molecule has 30 heavy (non-hydrogen) atoms. The van der Waals surface area contributed by atoms with E-state index < -0.39 is 11.6 Å². The molecule has 5 nitrogen and oxygen atoms in total. The van der Waals surface area contributed by atoms with Crippen LogP contribution in [0.1, 0.15) is 81.8 Å². The van der Waals surface area contributed by atoms with Gasteiger partial charge in [0.15, 0.2) is 6.29 Å². The topological polar surface area (TPSA) is 72.8 Å². The van der Waals surface area contributed by atoms with Gasteiger partial charge in [-0.1, -0.05) is 23.3 Å². The average Bonchev–Trinajstić information content (AvgIpc) is 2.65. The number of hydrogen-bond acceptors (Lipinski definition) is 5. The Bertz CT molecular complexity index is 887. The van der Waals surface area contributed by atoms with Gasteiger partial charge in [0, 0.05) is 12.5 Å². The molecule has 0 saturated heterocycles. The molecule has 1 aromatic rings. The van der Waals surface area contributed by atoms with Gasteiger partial charge in [0.25, 0.3) is 0 Å². The number of carbonyl (C=O) groups excluding carboxylic acids is 2. The van der Waals surface area contributed by atoms with Crippen molar-refractivity contribution >= 4 is 18.3 Å². The first kappa shape index (κ1) is 23.5. The lowest BCUT2D eigenvalue weighted by Crippen LogP contribution is -2.32. The highest BCUT2D eigenvalue weighted by atomic mass is 16.5. The fourth-order valence-electron chi connectivity index (χ4n) is 3.38. The first-order valence-electron chi connectivity index (χ1n) is 10.3. The number of carbonyl (C=O) groups is 2. The highest BCUT2D eigenvalue weighted by molar-refractivity contribution is 5.87. The molecule has 1 atom stereocenters. The first-order chi connectivity index (χ1) is 14.1. The quantitative estimate of drug-likeness (QED) is 0.310. The van der Waals surface area contributed by atoms with Gasteiger partial charge >= 0.3 is 5.97 Å². The number of hydrogen-bond donors (Lipinski definition) is 1. The van der Waals surface area contributed by atoms with E-state index in [0.717, 1.165) is 25.7 Å². The average molecular weight is 413 g/mol. The van der Waals surface area contributed by atoms with Crippen LogP contribution in [0.25, 0.3) is 6.08 Å². The fourth-order valence-corrected chi connectivity index (χ4v) is 3.38. The maximum Gasteiger partial charge on any atom is 0.302 e. The molecule has 1 unspecified atom stereocenters. The maximum absolute atomic E-state index is 11.8. The number of ether oxygens (including phenoxy) is 2. The van der Waals surface area contributed by atoms with E-state index in [1.54, 1.807) is 6.08 Å². The van der Waals surface area contributed by atoms with Crippen LogP contribution >= 0.6 is 0 Å². The van der Waals surface area contributed by atoms with Crippen molar-refractivity contribution in [3.8, 4) is 11.5 Å². The third-order valence-corrected chi connectivity index (χ3v) is 5.13. The van der Waals surface area contributed by atoms with Crippen LogP contribution in [0.5, 0.6) is 11.5 Å². The zero-order valence-corrected chi connectivity index (χ0v) is 18.6. The van der Waals surface area contributed by atoms with Crippen LogP contribution in [0.3, 0.4) is 0 Å². The van der Waals surface area contributed by atoms with Gasteiger partial charge in [-0.2, -0.15) is 0 Å². The van der Waals surface area contributed by atoms with E-state index in [0.29, 0.717) is 28.7 Å². The Labute approximate surface area is 179 Å². The van der Waals surface area contributed by atoms with Crippen LogP contribution < -0.4 is 4.74 Å². The molecule has 162 valence electrons. The summed E-state index contributed by atoms with van der Waals surface area (Å²) in [6.07, 6.45) is 12.5. The largest absolute Gasteiger partial charge is 0.507 e. The molecule has 0 radical (unpaired) electrons. The summed E-state index contributed by atoms with van der Waals surface area (Å²) in [6, 6.07) is 1.44. The molecule has 1 heterocycles. The van der Waals surface area contributed by atoms with Crippen LogP contribution in [0.4, 0.5) is 0 Å². The van der Waals surface area contributed by atoms with Gasteiger partial charge in [0.2, 0.25) is 0 Å². The Balaban J connectivity index is 2.15. The Morgan fingerprint density at radius 2 is 1.93 bits per heavy atom. The highest BCUT2D eigenvalue weighted by Crippen LogP contribution is 2.42. The SMILES string of the molecule is CC(=O)OCc1cc(O)c2c(c1C=O)OC(C)(CCC=C(C)CCC=C(C)C)C=C2. The normalized spacial score (nSPS) is 17.7. The van der Waals surface area contributed by atoms with Crippen molar-refractivity contribution in [1.82, 2.24) is 0 Å². The molecule has 1 N–H and O–H groups in total. The molecule has 0 amide bonds. The smallest absolute Gasteiger partial charge is 0.302 e. The van der Waals surface area contributed by atoms with E-state index in [1.807, 2.05) is 13.0 Å². The van der Waals surface area contributed by atoms with Crippen LogP contribution in [-0.4, -0.2) is 23.0 Å². The molecule has 1 aromatic carbocycles. The number of rotatable bonds is 9. The number of aromatic hydroxyl groups is 1. The maximum atomic E-state index is 11.8. The number of allylic oxidation sites excluding steroid dienone is 4. The molecule has 0 saturated carbocycles. The van der Waals surface area contributed by atoms with Crippen molar-refractivity contribution in [3.05, 3.63) is 52.1 Å². The van der Waals surface area contributed by atoms with E-state index in [-0.39, 0.29) is 12.4 Å². The Morgan fingerprint density at radius 1 is 1.20 bits per heavy atom. The molecule has 0 spiro atoms. The molecule has 5 heteroatoms. The minimum Gasteiger partial charge on any atom is -0.507 e. The predicted molar refractivity (Wildman–Crippen MR) is 119 cm³/mol. The van der Waals surface area contributed by atoms with Gasteiger partial charge in [-0.25, -0.2) is 0 Å². The monoisotopic (exact) mass is 412 g/mol. The van der Waals surface area contributed by atoms with Gasteiger partial charge in [0.1, 0.15) is 23.7 Å². The summed E-state index contributed by atoms with van der Waals surface area (Å²) >= 11 is 0. The van der Waals surface area contributed by atoms with Crippen LogP contribution in [-0.2, 0) is 16.1 Å². The van der Waals surface area contributed by atoms with Gasteiger partial charge in [-0.05, 0) is 71.6 Å². The minimum atomic E-state index is -0.603. The van der Waals surface area contributed by atoms with E-state index in [1.165, 1.54) is 24.1 Å². The van der Waals surface area contributed by atoms with E-state index in [4.69, 9.17) is 9.47 Å². The summed E-state index contributed by atoms with van der Waals surface area (Å²) in [5, 5.41) is 10.4. The number of phenols is 1. The lowest BCUT2D eigenvalue weighted by atomic mass is 9.92. The Kier molecular flexibility index (Phi) is 8.04. The predicted octanol–water partition coefficient (Wildman–Crippen LogP) is 5.91. The van der Waals surface area contributed by atoms with Crippen LogP contribution in [0, 0.1) is 0 Å². The molecule has 1 aliphatic rings. The minimum absolute atomic E-state index is 0.00827. The van der Waals surface area contributed by atoms with E-state index in [9.17, 15) is 14.7 Å². The van der Waals surface area contributed by atoms with Crippen LogP contribution in [0.15, 0.2) is 35.4 Å². The molecule has 0 fully saturated rings. The highest BCUT2D eigenvalue weighted by Gasteiger charge is 2.31.